The summed E-state index contributed by atoms with van der Waals surface area (Å²) in [6, 6.07) is 0. The minimum atomic E-state index is 0.287. The minimum Gasteiger partial charge on any atom is -0.330 e. The molecule has 2 N–H and O–H groups in total. The monoisotopic (exact) mass is 313 g/mol. The Morgan fingerprint density at radius 3 is 2.50 bits per heavy atom. The molecule has 1 saturated carbocycles. The SMILES string of the molecule is Cc1nn(C)c(CC2(CN)CCC(C)CC2)c1Br. The first-order valence-corrected chi connectivity index (χ1v) is 7.65. The van der Waals surface area contributed by atoms with E-state index in [4.69, 9.17) is 5.73 Å². The summed E-state index contributed by atoms with van der Waals surface area (Å²) in [5, 5.41) is 4.49. The van der Waals surface area contributed by atoms with Crippen LogP contribution in [0.4, 0.5) is 0 Å². The van der Waals surface area contributed by atoms with Crippen LogP contribution in [0.15, 0.2) is 4.47 Å². The summed E-state index contributed by atoms with van der Waals surface area (Å²) < 4.78 is 3.17. The van der Waals surface area contributed by atoms with Gasteiger partial charge in [0.2, 0.25) is 0 Å². The number of halogens is 1. The molecule has 1 heterocycles. The van der Waals surface area contributed by atoms with Crippen molar-refractivity contribution < 1.29 is 0 Å². The number of nitrogens with zero attached hydrogens (tertiary/aromatic N) is 2. The zero-order chi connectivity index (χ0) is 13.3. The lowest BCUT2D eigenvalue weighted by molar-refractivity contribution is 0.160. The fraction of sp³-hybridized carbons (Fsp3) is 0.786. The smallest absolute Gasteiger partial charge is 0.0738 e. The Kier molecular flexibility index (Phi) is 4.17. The van der Waals surface area contributed by atoms with Gasteiger partial charge < -0.3 is 5.73 Å². The number of rotatable bonds is 3. The summed E-state index contributed by atoms with van der Waals surface area (Å²) in [5.41, 5.74) is 8.75. The topological polar surface area (TPSA) is 43.8 Å². The zero-order valence-corrected chi connectivity index (χ0v) is 13.3. The van der Waals surface area contributed by atoms with Crippen LogP contribution in [0, 0.1) is 18.3 Å². The van der Waals surface area contributed by atoms with Crippen molar-refractivity contribution in [2.24, 2.45) is 24.1 Å². The second-order valence-corrected chi connectivity index (χ2v) is 6.83. The Hall–Kier alpha value is -0.350. The molecule has 1 fully saturated rings. The van der Waals surface area contributed by atoms with Crippen LogP contribution < -0.4 is 5.73 Å². The highest BCUT2D eigenvalue weighted by Gasteiger charge is 2.34. The number of aromatic nitrogens is 2. The Labute approximate surface area is 118 Å². The molecule has 3 nitrogen and oxygen atoms in total. The number of aryl methyl sites for hydroxylation is 2. The normalized spacial score (nSPS) is 28.6. The van der Waals surface area contributed by atoms with Gasteiger partial charge in [-0.2, -0.15) is 5.10 Å². The van der Waals surface area contributed by atoms with Gasteiger partial charge in [-0.15, -0.1) is 0 Å². The van der Waals surface area contributed by atoms with E-state index in [0.29, 0.717) is 0 Å². The molecule has 0 aromatic carbocycles. The van der Waals surface area contributed by atoms with Gasteiger partial charge in [0.05, 0.1) is 15.9 Å². The Morgan fingerprint density at radius 2 is 2.06 bits per heavy atom. The third-order valence-corrected chi connectivity index (χ3v) is 5.60. The third-order valence-electron chi connectivity index (χ3n) is 4.57. The van der Waals surface area contributed by atoms with E-state index in [2.05, 4.69) is 28.0 Å². The van der Waals surface area contributed by atoms with Crippen LogP contribution in [-0.2, 0) is 13.5 Å². The first kappa shape index (κ1) is 14.1. The van der Waals surface area contributed by atoms with E-state index in [0.717, 1.165) is 29.1 Å². The average molecular weight is 314 g/mol. The Morgan fingerprint density at radius 1 is 1.44 bits per heavy atom. The first-order valence-electron chi connectivity index (χ1n) is 6.85. The molecule has 0 unspecified atom stereocenters. The molecule has 0 bridgehead atoms. The van der Waals surface area contributed by atoms with Crippen molar-refractivity contribution in [1.29, 1.82) is 0 Å². The number of hydrogen-bond acceptors (Lipinski definition) is 2. The predicted octanol–water partition coefficient (Wildman–Crippen LogP) is 3.19. The van der Waals surface area contributed by atoms with Gasteiger partial charge in [-0.25, -0.2) is 0 Å². The Bertz CT molecular complexity index is 417. The number of hydrogen-bond donors (Lipinski definition) is 1. The van der Waals surface area contributed by atoms with Crippen molar-refractivity contribution in [3.63, 3.8) is 0 Å². The molecule has 1 aliphatic rings. The maximum Gasteiger partial charge on any atom is 0.0738 e. The molecule has 2 rings (SSSR count). The van der Waals surface area contributed by atoms with Gasteiger partial charge in [-0.1, -0.05) is 19.8 Å². The summed E-state index contributed by atoms with van der Waals surface area (Å²) in [7, 11) is 2.03. The number of nitrogens with two attached hydrogens (primary N) is 1. The quantitative estimate of drug-likeness (QED) is 0.931. The Balaban J connectivity index is 2.20. The molecule has 0 radical (unpaired) electrons. The first-order chi connectivity index (χ1) is 8.47. The molecular formula is C14H24BrN3. The predicted molar refractivity (Wildman–Crippen MR) is 78.5 cm³/mol. The summed E-state index contributed by atoms with van der Waals surface area (Å²) in [6.07, 6.45) is 6.17. The van der Waals surface area contributed by atoms with Crippen LogP contribution in [-0.4, -0.2) is 16.3 Å². The highest BCUT2D eigenvalue weighted by molar-refractivity contribution is 9.10. The van der Waals surface area contributed by atoms with E-state index in [1.54, 1.807) is 0 Å². The molecule has 1 aromatic rings. The van der Waals surface area contributed by atoms with Crippen LogP contribution in [0.1, 0.15) is 44.0 Å². The fourth-order valence-electron chi connectivity index (χ4n) is 3.05. The van der Waals surface area contributed by atoms with Gasteiger partial charge in [0.15, 0.2) is 0 Å². The highest BCUT2D eigenvalue weighted by atomic mass is 79.9. The lowest BCUT2D eigenvalue weighted by Crippen LogP contribution is -2.37. The van der Waals surface area contributed by atoms with Crippen molar-refractivity contribution in [3.05, 3.63) is 15.9 Å². The van der Waals surface area contributed by atoms with Gasteiger partial charge in [-0.3, -0.25) is 4.68 Å². The van der Waals surface area contributed by atoms with Crippen LogP contribution in [0.25, 0.3) is 0 Å². The van der Waals surface area contributed by atoms with E-state index in [9.17, 15) is 0 Å². The standard InChI is InChI=1S/C14H24BrN3/c1-10-4-6-14(9-16,7-5-10)8-12-13(15)11(2)17-18(12)3/h10H,4-9,16H2,1-3H3. The molecule has 0 aliphatic heterocycles. The summed E-state index contributed by atoms with van der Waals surface area (Å²) in [4.78, 5) is 0. The molecule has 1 aliphatic carbocycles. The van der Waals surface area contributed by atoms with Crippen molar-refractivity contribution in [1.82, 2.24) is 9.78 Å². The maximum absolute atomic E-state index is 6.09. The molecule has 18 heavy (non-hydrogen) atoms. The van der Waals surface area contributed by atoms with Crippen molar-refractivity contribution in [2.45, 2.75) is 46.0 Å². The van der Waals surface area contributed by atoms with Crippen molar-refractivity contribution >= 4 is 15.9 Å². The van der Waals surface area contributed by atoms with Crippen LogP contribution in [0.5, 0.6) is 0 Å². The van der Waals surface area contributed by atoms with E-state index < -0.39 is 0 Å². The van der Waals surface area contributed by atoms with E-state index >= 15 is 0 Å². The molecule has 102 valence electrons. The van der Waals surface area contributed by atoms with Crippen LogP contribution in [0.3, 0.4) is 0 Å². The second-order valence-electron chi connectivity index (χ2n) is 6.03. The zero-order valence-electron chi connectivity index (χ0n) is 11.7. The van der Waals surface area contributed by atoms with Gasteiger partial charge in [0.25, 0.3) is 0 Å². The second kappa shape index (κ2) is 5.33. The largest absolute Gasteiger partial charge is 0.330 e. The maximum atomic E-state index is 6.09. The van der Waals surface area contributed by atoms with Crippen molar-refractivity contribution in [3.8, 4) is 0 Å². The van der Waals surface area contributed by atoms with E-state index in [1.165, 1.54) is 31.4 Å². The highest BCUT2D eigenvalue weighted by Crippen LogP contribution is 2.41. The van der Waals surface area contributed by atoms with Crippen LogP contribution >= 0.6 is 15.9 Å². The van der Waals surface area contributed by atoms with Gasteiger partial charge in [0.1, 0.15) is 0 Å². The molecule has 0 amide bonds. The van der Waals surface area contributed by atoms with Crippen molar-refractivity contribution in [2.75, 3.05) is 6.54 Å². The van der Waals surface area contributed by atoms with E-state index in [1.807, 2.05) is 18.7 Å². The summed E-state index contributed by atoms with van der Waals surface area (Å²) in [5.74, 6) is 0.862. The summed E-state index contributed by atoms with van der Waals surface area (Å²) >= 11 is 3.67. The van der Waals surface area contributed by atoms with Gasteiger partial charge in [0, 0.05) is 7.05 Å². The molecule has 4 heteroatoms. The lowest BCUT2D eigenvalue weighted by Gasteiger charge is -2.38. The van der Waals surface area contributed by atoms with Gasteiger partial charge in [-0.05, 0) is 60.0 Å². The molecular weight excluding hydrogens is 290 g/mol. The third kappa shape index (κ3) is 2.64. The van der Waals surface area contributed by atoms with E-state index in [-0.39, 0.29) is 5.41 Å². The average Bonchev–Trinajstić information content (AvgIpc) is 2.59. The fourth-order valence-corrected chi connectivity index (χ4v) is 3.53. The molecule has 0 spiro atoms. The lowest BCUT2D eigenvalue weighted by atomic mass is 9.68. The summed E-state index contributed by atoms with van der Waals surface area (Å²) in [6.45, 7) is 5.19. The molecule has 1 aromatic heterocycles. The molecule has 0 saturated heterocycles. The molecule has 0 atom stereocenters. The minimum absolute atomic E-state index is 0.287. The van der Waals surface area contributed by atoms with Crippen LogP contribution in [0.2, 0.25) is 0 Å². The van der Waals surface area contributed by atoms with Gasteiger partial charge >= 0.3 is 0 Å².